The summed E-state index contributed by atoms with van der Waals surface area (Å²) in [6.07, 6.45) is 4.78. The highest BCUT2D eigenvalue weighted by atomic mass is 16.6. The van der Waals surface area contributed by atoms with Gasteiger partial charge in [0.2, 0.25) is 0 Å². The Labute approximate surface area is 104 Å². The summed E-state index contributed by atoms with van der Waals surface area (Å²) in [6.45, 7) is 5.00. The van der Waals surface area contributed by atoms with E-state index in [1.54, 1.807) is 6.92 Å². The standard InChI is InChI=1S/C12H15NO5/c1-3-10(13(16)17)5-4-8(2)18-11-6-9(7-11)12(14)15/h3-5,9,11H,1,6-7H2,2H3,(H,14,15)/b8-4+,10-5+. The maximum atomic E-state index is 10.6. The number of allylic oxidation sites excluding steroid dienone is 4. The van der Waals surface area contributed by atoms with Gasteiger partial charge in [0.15, 0.2) is 0 Å². The SMILES string of the molecule is C=C/C(=C\C=C(/C)OC1CC(C(=O)O)C1)[N+](=O)[O-]. The number of aliphatic carboxylic acids is 1. The third-order valence-corrected chi connectivity index (χ3v) is 2.71. The molecule has 0 heterocycles. The molecule has 1 aliphatic rings. The van der Waals surface area contributed by atoms with Crippen LogP contribution < -0.4 is 0 Å². The number of carboxylic acid groups (broad SMARTS) is 1. The molecule has 1 fully saturated rings. The maximum absolute atomic E-state index is 10.6. The van der Waals surface area contributed by atoms with Gasteiger partial charge < -0.3 is 9.84 Å². The molecule has 0 aromatic carbocycles. The quantitative estimate of drug-likeness (QED) is 0.339. The van der Waals surface area contributed by atoms with E-state index >= 15 is 0 Å². The van der Waals surface area contributed by atoms with Crippen LogP contribution in [-0.4, -0.2) is 22.1 Å². The molecule has 0 atom stereocenters. The predicted octanol–water partition coefficient (Wildman–Crippen LogP) is 2.12. The first kappa shape index (κ1) is 14.0. The zero-order valence-electron chi connectivity index (χ0n) is 10.0. The van der Waals surface area contributed by atoms with E-state index in [4.69, 9.17) is 9.84 Å². The molecule has 0 amide bonds. The van der Waals surface area contributed by atoms with Gasteiger partial charge in [-0.05, 0) is 25.8 Å². The van der Waals surface area contributed by atoms with E-state index in [0.717, 1.165) is 6.08 Å². The van der Waals surface area contributed by atoms with Crippen LogP contribution in [0.25, 0.3) is 0 Å². The van der Waals surface area contributed by atoms with Crippen LogP contribution in [0.15, 0.2) is 36.3 Å². The number of nitro groups is 1. The van der Waals surface area contributed by atoms with Gasteiger partial charge in [-0.15, -0.1) is 0 Å². The molecule has 0 aliphatic heterocycles. The molecule has 0 aromatic heterocycles. The summed E-state index contributed by atoms with van der Waals surface area (Å²) < 4.78 is 5.44. The highest BCUT2D eigenvalue weighted by molar-refractivity contribution is 5.71. The van der Waals surface area contributed by atoms with E-state index < -0.39 is 10.9 Å². The van der Waals surface area contributed by atoms with Crippen LogP contribution >= 0.6 is 0 Å². The lowest BCUT2D eigenvalue weighted by atomic mass is 9.82. The molecular weight excluding hydrogens is 238 g/mol. The van der Waals surface area contributed by atoms with Crippen molar-refractivity contribution < 1.29 is 19.6 Å². The summed E-state index contributed by atoms with van der Waals surface area (Å²) in [4.78, 5) is 20.5. The van der Waals surface area contributed by atoms with Crippen molar-refractivity contribution in [2.45, 2.75) is 25.9 Å². The Morgan fingerprint density at radius 3 is 2.56 bits per heavy atom. The van der Waals surface area contributed by atoms with Gasteiger partial charge in [-0.1, -0.05) is 6.58 Å². The van der Waals surface area contributed by atoms with Gasteiger partial charge in [0.1, 0.15) is 0 Å². The number of ether oxygens (including phenoxy) is 1. The van der Waals surface area contributed by atoms with Gasteiger partial charge in [-0.2, -0.15) is 0 Å². The van der Waals surface area contributed by atoms with Crippen molar-refractivity contribution in [2.75, 3.05) is 0 Å². The van der Waals surface area contributed by atoms with Crippen LogP contribution in [0.2, 0.25) is 0 Å². The first-order valence-electron chi connectivity index (χ1n) is 5.49. The summed E-state index contributed by atoms with van der Waals surface area (Å²) in [5.41, 5.74) is -0.116. The summed E-state index contributed by atoms with van der Waals surface area (Å²) in [5, 5.41) is 19.2. The van der Waals surface area contributed by atoms with Crippen molar-refractivity contribution in [3.05, 3.63) is 46.4 Å². The summed E-state index contributed by atoms with van der Waals surface area (Å²) >= 11 is 0. The Kier molecular flexibility index (Phi) is 4.65. The van der Waals surface area contributed by atoms with Crippen LogP contribution in [0.1, 0.15) is 19.8 Å². The Balaban J connectivity index is 2.47. The Morgan fingerprint density at radius 2 is 2.11 bits per heavy atom. The highest BCUT2D eigenvalue weighted by Gasteiger charge is 2.35. The van der Waals surface area contributed by atoms with Crippen molar-refractivity contribution in [2.24, 2.45) is 5.92 Å². The first-order chi connectivity index (χ1) is 8.43. The van der Waals surface area contributed by atoms with E-state index in [9.17, 15) is 14.9 Å². The molecule has 6 heteroatoms. The van der Waals surface area contributed by atoms with Crippen molar-refractivity contribution in [1.29, 1.82) is 0 Å². The highest BCUT2D eigenvalue weighted by Crippen LogP contribution is 2.31. The van der Waals surface area contributed by atoms with E-state index in [0.29, 0.717) is 18.6 Å². The number of carbonyl (C=O) groups is 1. The maximum Gasteiger partial charge on any atom is 0.306 e. The second-order valence-corrected chi connectivity index (χ2v) is 4.08. The average molecular weight is 253 g/mol. The fourth-order valence-corrected chi connectivity index (χ4v) is 1.57. The molecule has 1 rings (SSSR count). The third-order valence-electron chi connectivity index (χ3n) is 2.71. The number of hydrogen-bond acceptors (Lipinski definition) is 4. The smallest absolute Gasteiger partial charge is 0.306 e. The van der Waals surface area contributed by atoms with Gasteiger partial charge >= 0.3 is 5.97 Å². The zero-order chi connectivity index (χ0) is 13.7. The average Bonchev–Trinajstić information content (AvgIpc) is 2.22. The molecule has 98 valence electrons. The summed E-state index contributed by atoms with van der Waals surface area (Å²) in [5.74, 6) is -0.621. The zero-order valence-corrected chi connectivity index (χ0v) is 10.0. The molecular formula is C12H15NO5. The molecule has 0 saturated heterocycles. The Bertz CT molecular complexity index is 418. The minimum Gasteiger partial charge on any atom is -0.495 e. The molecule has 1 N–H and O–H groups in total. The summed E-state index contributed by atoms with van der Waals surface area (Å²) in [7, 11) is 0. The Hall–Kier alpha value is -2.11. The second-order valence-electron chi connectivity index (χ2n) is 4.08. The van der Waals surface area contributed by atoms with Crippen molar-refractivity contribution in [1.82, 2.24) is 0 Å². The Morgan fingerprint density at radius 1 is 1.50 bits per heavy atom. The fourth-order valence-electron chi connectivity index (χ4n) is 1.57. The van der Waals surface area contributed by atoms with Crippen LogP contribution in [-0.2, 0) is 9.53 Å². The van der Waals surface area contributed by atoms with Crippen molar-refractivity contribution >= 4 is 5.97 Å². The molecule has 0 aromatic rings. The predicted molar refractivity (Wildman–Crippen MR) is 64.3 cm³/mol. The van der Waals surface area contributed by atoms with Crippen LogP contribution in [0.5, 0.6) is 0 Å². The molecule has 18 heavy (non-hydrogen) atoms. The number of hydrogen-bond donors (Lipinski definition) is 1. The van der Waals surface area contributed by atoms with Crippen molar-refractivity contribution in [3.8, 4) is 0 Å². The largest absolute Gasteiger partial charge is 0.495 e. The molecule has 0 radical (unpaired) electrons. The van der Waals surface area contributed by atoms with E-state index in [1.165, 1.54) is 12.2 Å². The van der Waals surface area contributed by atoms with Gasteiger partial charge in [0, 0.05) is 12.2 Å². The third kappa shape index (κ3) is 3.73. The fraction of sp³-hybridized carbons (Fsp3) is 0.417. The molecule has 0 unspecified atom stereocenters. The van der Waals surface area contributed by atoms with Gasteiger partial charge in [0.05, 0.1) is 22.7 Å². The number of rotatable bonds is 6. The molecule has 1 aliphatic carbocycles. The van der Waals surface area contributed by atoms with Gasteiger partial charge in [0.25, 0.3) is 5.70 Å². The van der Waals surface area contributed by atoms with Crippen LogP contribution in [0.4, 0.5) is 0 Å². The first-order valence-corrected chi connectivity index (χ1v) is 5.49. The topological polar surface area (TPSA) is 89.7 Å². The number of nitrogens with zero attached hydrogens (tertiary/aromatic N) is 1. The van der Waals surface area contributed by atoms with Crippen molar-refractivity contribution in [3.63, 3.8) is 0 Å². The van der Waals surface area contributed by atoms with Crippen LogP contribution in [0.3, 0.4) is 0 Å². The van der Waals surface area contributed by atoms with E-state index in [2.05, 4.69) is 6.58 Å². The van der Waals surface area contributed by atoms with Gasteiger partial charge in [-0.3, -0.25) is 14.9 Å². The minimum atomic E-state index is -0.807. The summed E-state index contributed by atoms with van der Waals surface area (Å²) in [6, 6.07) is 0. The monoisotopic (exact) mass is 253 g/mol. The normalized spacial score (nSPS) is 24.1. The lowest BCUT2D eigenvalue weighted by Crippen LogP contribution is -2.35. The van der Waals surface area contributed by atoms with E-state index in [-0.39, 0.29) is 17.7 Å². The molecule has 0 spiro atoms. The van der Waals surface area contributed by atoms with Crippen LogP contribution in [0, 0.1) is 16.0 Å². The molecule has 0 bridgehead atoms. The lowest BCUT2D eigenvalue weighted by molar-refractivity contribution is -0.418. The van der Waals surface area contributed by atoms with E-state index in [1.807, 2.05) is 0 Å². The number of carboxylic acids is 1. The molecule has 1 saturated carbocycles. The minimum absolute atomic E-state index is 0.112. The second kappa shape index (κ2) is 6.00. The van der Waals surface area contributed by atoms with Gasteiger partial charge in [-0.25, -0.2) is 0 Å². The lowest BCUT2D eigenvalue weighted by Gasteiger charge is -2.32. The molecule has 6 nitrogen and oxygen atoms in total.